The van der Waals surface area contributed by atoms with E-state index in [1.807, 2.05) is 31.2 Å². The molecule has 2 aromatic carbocycles. The summed E-state index contributed by atoms with van der Waals surface area (Å²) in [7, 11) is -3.50. The highest BCUT2D eigenvalue weighted by Gasteiger charge is 2.26. The SMILES string of the molecule is Cc1ccc(NC(=O)NCC2CCCN(C(=O)c3ccccc3NS(C)(=O)=O)C2)cc1. The summed E-state index contributed by atoms with van der Waals surface area (Å²) >= 11 is 0. The molecule has 3 amide bonds. The third-order valence-electron chi connectivity index (χ3n) is 5.12. The van der Waals surface area contributed by atoms with Crippen LogP contribution in [-0.4, -0.2) is 51.1 Å². The minimum atomic E-state index is -3.50. The van der Waals surface area contributed by atoms with Gasteiger partial charge < -0.3 is 15.5 Å². The summed E-state index contributed by atoms with van der Waals surface area (Å²) in [6.07, 6.45) is 2.77. The molecule has 1 aliphatic heterocycles. The van der Waals surface area contributed by atoms with E-state index in [1.165, 1.54) is 0 Å². The van der Waals surface area contributed by atoms with E-state index < -0.39 is 10.0 Å². The molecule has 0 aromatic heterocycles. The second kappa shape index (κ2) is 9.82. The van der Waals surface area contributed by atoms with Gasteiger partial charge in [-0.25, -0.2) is 13.2 Å². The minimum absolute atomic E-state index is 0.122. The summed E-state index contributed by atoms with van der Waals surface area (Å²) in [5, 5.41) is 5.68. The highest BCUT2D eigenvalue weighted by atomic mass is 32.2. The molecular weight excluding hydrogens is 416 g/mol. The molecule has 1 atom stereocenters. The molecule has 1 aliphatic rings. The average Bonchev–Trinajstić information content (AvgIpc) is 2.73. The Balaban J connectivity index is 1.57. The van der Waals surface area contributed by atoms with Gasteiger partial charge in [0.1, 0.15) is 0 Å². The van der Waals surface area contributed by atoms with Crippen molar-refractivity contribution in [2.75, 3.05) is 35.9 Å². The number of carbonyl (C=O) groups is 2. The third-order valence-corrected chi connectivity index (χ3v) is 5.71. The number of rotatable bonds is 6. The van der Waals surface area contributed by atoms with Crippen molar-refractivity contribution in [3.63, 3.8) is 0 Å². The zero-order valence-corrected chi connectivity index (χ0v) is 18.5. The number of para-hydroxylation sites is 1. The zero-order chi connectivity index (χ0) is 22.4. The first-order valence-corrected chi connectivity index (χ1v) is 12.1. The Kier molecular flexibility index (Phi) is 7.17. The molecule has 3 N–H and O–H groups in total. The van der Waals surface area contributed by atoms with E-state index in [-0.39, 0.29) is 23.5 Å². The van der Waals surface area contributed by atoms with Gasteiger partial charge in [-0.05, 0) is 49.9 Å². The number of nitrogens with one attached hydrogen (secondary N) is 3. The molecule has 31 heavy (non-hydrogen) atoms. The van der Waals surface area contributed by atoms with Crippen LogP contribution < -0.4 is 15.4 Å². The number of amides is 3. The number of sulfonamides is 1. The maximum absolute atomic E-state index is 13.1. The van der Waals surface area contributed by atoms with Gasteiger partial charge in [-0.2, -0.15) is 0 Å². The normalized spacial score (nSPS) is 16.5. The fourth-order valence-electron chi connectivity index (χ4n) is 3.59. The van der Waals surface area contributed by atoms with Crippen molar-refractivity contribution in [3.8, 4) is 0 Å². The molecular formula is C22H28N4O4S. The lowest BCUT2D eigenvalue weighted by atomic mass is 9.97. The molecule has 9 heteroatoms. The van der Waals surface area contributed by atoms with E-state index in [9.17, 15) is 18.0 Å². The maximum Gasteiger partial charge on any atom is 0.319 e. The average molecular weight is 445 g/mol. The fourth-order valence-corrected chi connectivity index (χ4v) is 4.17. The van der Waals surface area contributed by atoms with E-state index in [2.05, 4.69) is 15.4 Å². The molecule has 0 bridgehead atoms. The van der Waals surface area contributed by atoms with Gasteiger partial charge >= 0.3 is 6.03 Å². The van der Waals surface area contributed by atoms with E-state index in [1.54, 1.807) is 29.2 Å². The van der Waals surface area contributed by atoms with Crippen molar-refractivity contribution >= 4 is 33.3 Å². The summed E-state index contributed by atoms with van der Waals surface area (Å²) in [6, 6.07) is 13.8. The van der Waals surface area contributed by atoms with Crippen LogP contribution in [0.4, 0.5) is 16.2 Å². The summed E-state index contributed by atoms with van der Waals surface area (Å²) < 4.78 is 25.6. The molecule has 166 valence electrons. The van der Waals surface area contributed by atoms with Crippen molar-refractivity contribution < 1.29 is 18.0 Å². The molecule has 1 fully saturated rings. The van der Waals surface area contributed by atoms with Gasteiger partial charge in [0.15, 0.2) is 0 Å². The van der Waals surface area contributed by atoms with Crippen LogP contribution >= 0.6 is 0 Å². The fraction of sp³-hybridized carbons (Fsp3) is 0.364. The number of anilines is 2. The Morgan fingerprint density at radius 1 is 1.10 bits per heavy atom. The number of piperidine rings is 1. The number of hydrogen-bond acceptors (Lipinski definition) is 4. The van der Waals surface area contributed by atoms with Crippen LogP contribution in [0.5, 0.6) is 0 Å². The van der Waals surface area contributed by atoms with Gasteiger partial charge in [0.25, 0.3) is 5.91 Å². The molecule has 1 saturated heterocycles. The third kappa shape index (κ3) is 6.71. The molecule has 0 saturated carbocycles. The lowest BCUT2D eigenvalue weighted by Crippen LogP contribution is -2.44. The van der Waals surface area contributed by atoms with E-state index in [4.69, 9.17) is 0 Å². The van der Waals surface area contributed by atoms with Crippen molar-refractivity contribution in [2.45, 2.75) is 19.8 Å². The quantitative estimate of drug-likeness (QED) is 0.636. The predicted octanol–water partition coefficient (Wildman–Crippen LogP) is 3.04. The number of hydrogen-bond donors (Lipinski definition) is 3. The lowest BCUT2D eigenvalue weighted by Gasteiger charge is -2.33. The zero-order valence-electron chi connectivity index (χ0n) is 17.7. The van der Waals surface area contributed by atoms with Gasteiger partial charge in [-0.3, -0.25) is 9.52 Å². The molecule has 0 aliphatic carbocycles. The Labute approximate surface area is 183 Å². The lowest BCUT2D eigenvalue weighted by molar-refractivity contribution is 0.0676. The van der Waals surface area contributed by atoms with Gasteiger partial charge in [0, 0.05) is 25.3 Å². The summed E-state index contributed by atoms with van der Waals surface area (Å²) in [6.45, 7) is 3.52. The highest BCUT2D eigenvalue weighted by molar-refractivity contribution is 7.92. The molecule has 0 radical (unpaired) electrons. The molecule has 1 heterocycles. The van der Waals surface area contributed by atoms with Gasteiger partial charge in [0.2, 0.25) is 10.0 Å². The largest absolute Gasteiger partial charge is 0.338 e. The Bertz CT molecular complexity index is 1040. The first-order valence-electron chi connectivity index (χ1n) is 10.2. The summed E-state index contributed by atoms with van der Waals surface area (Å²) in [5.74, 6) is -0.1000. The van der Waals surface area contributed by atoms with Gasteiger partial charge in [-0.15, -0.1) is 0 Å². The van der Waals surface area contributed by atoms with Crippen molar-refractivity contribution in [1.82, 2.24) is 10.2 Å². The monoisotopic (exact) mass is 444 g/mol. The van der Waals surface area contributed by atoms with E-state index in [0.717, 1.165) is 30.3 Å². The maximum atomic E-state index is 13.1. The molecule has 0 spiro atoms. The van der Waals surface area contributed by atoms with Crippen LogP contribution in [0.1, 0.15) is 28.8 Å². The van der Waals surface area contributed by atoms with E-state index in [0.29, 0.717) is 25.2 Å². The Morgan fingerprint density at radius 2 is 1.81 bits per heavy atom. The summed E-state index contributed by atoms with van der Waals surface area (Å²) in [4.78, 5) is 27.0. The Hall–Kier alpha value is -3.07. The second-order valence-electron chi connectivity index (χ2n) is 7.88. The number of carbonyl (C=O) groups excluding carboxylic acids is 2. The van der Waals surface area contributed by atoms with Gasteiger partial charge in [0.05, 0.1) is 17.5 Å². The topological polar surface area (TPSA) is 108 Å². The molecule has 8 nitrogen and oxygen atoms in total. The first kappa shape index (κ1) is 22.6. The number of urea groups is 1. The minimum Gasteiger partial charge on any atom is -0.338 e. The first-order chi connectivity index (χ1) is 14.7. The standard InChI is InChI=1S/C22H28N4O4S/c1-16-9-11-18(12-10-16)24-22(28)23-14-17-6-5-13-26(15-17)21(27)19-7-3-4-8-20(19)25-31(2,29)30/h3-4,7-12,17,25H,5-6,13-15H2,1-2H3,(H2,23,24,28). The molecule has 2 aromatic rings. The van der Waals surface area contributed by atoms with Crippen LogP contribution in [0, 0.1) is 12.8 Å². The van der Waals surface area contributed by atoms with Crippen molar-refractivity contribution in [3.05, 3.63) is 59.7 Å². The number of nitrogens with zero attached hydrogens (tertiary/aromatic N) is 1. The van der Waals surface area contributed by atoms with Crippen molar-refractivity contribution in [1.29, 1.82) is 0 Å². The number of aryl methyl sites for hydroxylation is 1. The van der Waals surface area contributed by atoms with Crippen LogP contribution in [0.25, 0.3) is 0 Å². The smallest absolute Gasteiger partial charge is 0.319 e. The van der Waals surface area contributed by atoms with E-state index >= 15 is 0 Å². The highest BCUT2D eigenvalue weighted by Crippen LogP contribution is 2.23. The van der Waals surface area contributed by atoms with Crippen LogP contribution in [0.3, 0.4) is 0 Å². The van der Waals surface area contributed by atoms with Crippen LogP contribution in [0.2, 0.25) is 0 Å². The van der Waals surface area contributed by atoms with Crippen LogP contribution in [-0.2, 0) is 10.0 Å². The molecule has 3 rings (SSSR count). The summed E-state index contributed by atoms with van der Waals surface area (Å²) in [5.41, 5.74) is 2.43. The number of likely N-dealkylation sites (tertiary alicyclic amines) is 1. The second-order valence-corrected chi connectivity index (χ2v) is 9.63. The van der Waals surface area contributed by atoms with Crippen LogP contribution in [0.15, 0.2) is 48.5 Å². The predicted molar refractivity (Wildman–Crippen MR) is 122 cm³/mol. The van der Waals surface area contributed by atoms with Gasteiger partial charge in [-0.1, -0.05) is 29.8 Å². The van der Waals surface area contributed by atoms with Crippen molar-refractivity contribution in [2.24, 2.45) is 5.92 Å². The Morgan fingerprint density at radius 3 is 2.52 bits per heavy atom. The molecule has 1 unspecified atom stereocenters. The number of benzene rings is 2.